The zero-order valence-corrected chi connectivity index (χ0v) is 14.9. The van der Waals surface area contributed by atoms with E-state index in [1.807, 2.05) is 26.2 Å². The molecule has 118 valence electrons. The fourth-order valence-electron chi connectivity index (χ4n) is 2.44. The molecule has 0 bridgehead atoms. The zero-order chi connectivity index (χ0) is 15.6. The molecule has 2 atom stereocenters. The SMILES string of the molecule is CCN(C(=O)[C@@H](C)Sc1nc(C)cs1)[C@H]1CCS(=O)(=O)C1. The van der Waals surface area contributed by atoms with Gasteiger partial charge in [-0.25, -0.2) is 13.4 Å². The van der Waals surface area contributed by atoms with E-state index in [4.69, 9.17) is 0 Å². The predicted octanol–water partition coefficient (Wildman–Crippen LogP) is 1.97. The molecule has 1 amide bonds. The summed E-state index contributed by atoms with van der Waals surface area (Å²) in [5.41, 5.74) is 0.955. The lowest BCUT2D eigenvalue weighted by Crippen LogP contribution is -2.44. The Balaban J connectivity index is 2.02. The molecule has 0 spiro atoms. The highest BCUT2D eigenvalue weighted by molar-refractivity contribution is 8.02. The second kappa shape index (κ2) is 6.66. The number of sulfone groups is 1. The lowest BCUT2D eigenvalue weighted by molar-refractivity contribution is -0.131. The van der Waals surface area contributed by atoms with Crippen LogP contribution in [-0.4, -0.2) is 53.6 Å². The van der Waals surface area contributed by atoms with Gasteiger partial charge in [0.1, 0.15) is 0 Å². The molecule has 5 nitrogen and oxygen atoms in total. The molecular formula is C13H20N2O3S3. The van der Waals surface area contributed by atoms with Crippen molar-refractivity contribution in [3.8, 4) is 0 Å². The number of carbonyl (C=O) groups is 1. The van der Waals surface area contributed by atoms with E-state index in [2.05, 4.69) is 4.98 Å². The highest BCUT2D eigenvalue weighted by Gasteiger charge is 2.35. The van der Waals surface area contributed by atoms with Gasteiger partial charge in [0.2, 0.25) is 5.91 Å². The second-order valence-corrected chi connectivity index (χ2v) is 9.87. The van der Waals surface area contributed by atoms with Crippen LogP contribution in [0, 0.1) is 6.92 Å². The fraction of sp³-hybridized carbons (Fsp3) is 0.692. The van der Waals surface area contributed by atoms with Crippen molar-refractivity contribution < 1.29 is 13.2 Å². The number of nitrogens with zero attached hydrogens (tertiary/aromatic N) is 2. The van der Waals surface area contributed by atoms with Crippen LogP contribution in [-0.2, 0) is 14.6 Å². The van der Waals surface area contributed by atoms with Crippen molar-refractivity contribution in [1.29, 1.82) is 0 Å². The molecule has 1 aliphatic heterocycles. The number of aromatic nitrogens is 1. The van der Waals surface area contributed by atoms with Crippen LogP contribution in [0.15, 0.2) is 9.72 Å². The van der Waals surface area contributed by atoms with E-state index in [9.17, 15) is 13.2 Å². The first-order valence-electron chi connectivity index (χ1n) is 6.92. The minimum atomic E-state index is -2.98. The molecule has 0 N–H and O–H groups in total. The molecule has 1 fully saturated rings. The van der Waals surface area contributed by atoms with Crippen LogP contribution in [0.4, 0.5) is 0 Å². The highest BCUT2D eigenvalue weighted by atomic mass is 32.2. The molecule has 0 saturated carbocycles. The number of aryl methyl sites for hydroxylation is 1. The van der Waals surface area contributed by atoms with Crippen molar-refractivity contribution in [2.45, 2.75) is 42.8 Å². The monoisotopic (exact) mass is 348 g/mol. The van der Waals surface area contributed by atoms with Crippen LogP contribution in [0.1, 0.15) is 26.0 Å². The summed E-state index contributed by atoms with van der Waals surface area (Å²) in [5, 5.41) is 1.71. The average molecular weight is 349 g/mol. The molecule has 1 saturated heterocycles. The van der Waals surface area contributed by atoms with E-state index < -0.39 is 9.84 Å². The number of rotatable bonds is 5. The lowest BCUT2D eigenvalue weighted by atomic mass is 10.2. The number of thioether (sulfide) groups is 1. The summed E-state index contributed by atoms with van der Waals surface area (Å²) in [5.74, 6) is 0.284. The first-order chi connectivity index (χ1) is 9.82. The van der Waals surface area contributed by atoms with Crippen LogP contribution >= 0.6 is 23.1 Å². The van der Waals surface area contributed by atoms with Crippen LogP contribution < -0.4 is 0 Å². The fourth-order valence-corrected chi connectivity index (χ4v) is 6.22. The summed E-state index contributed by atoms with van der Waals surface area (Å²) < 4.78 is 24.1. The van der Waals surface area contributed by atoms with Crippen LogP contribution in [0.5, 0.6) is 0 Å². The van der Waals surface area contributed by atoms with Gasteiger partial charge >= 0.3 is 0 Å². The van der Waals surface area contributed by atoms with Gasteiger partial charge in [0.05, 0.1) is 16.8 Å². The Kier molecular flexibility index (Phi) is 5.32. The Hall–Kier alpha value is -0.600. The Morgan fingerprint density at radius 3 is 2.81 bits per heavy atom. The predicted molar refractivity (Wildman–Crippen MR) is 86.6 cm³/mol. The summed E-state index contributed by atoms with van der Waals surface area (Å²) in [4.78, 5) is 18.6. The van der Waals surface area contributed by atoms with E-state index in [1.165, 1.54) is 23.1 Å². The number of thiazole rings is 1. The molecule has 0 aliphatic carbocycles. The Labute approximate surface area is 134 Å². The Morgan fingerprint density at radius 2 is 2.33 bits per heavy atom. The first-order valence-corrected chi connectivity index (χ1v) is 10.5. The summed E-state index contributed by atoms with van der Waals surface area (Å²) >= 11 is 2.97. The van der Waals surface area contributed by atoms with Crippen LogP contribution in [0.3, 0.4) is 0 Å². The van der Waals surface area contributed by atoms with Gasteiger partial charge < -0.3 is 4.90 Å². The third kappa shape index (κ3) is 4.20. The van der Waals surface area contributed by atoms with Gasteiger partial charge in [-0.2, -0.15) is 0 Å². The smallest absolute Gasteiger partial charge is 0.236 e. The average Bonchev–Trinajstić information content (AvgIpc) is 2.96. The van der Waals surface area contributed by atoms with E-state index in [1.54, 1.807) is 4.90 Å². The molecule has 1 aromatic heterocycles. The Morgan fingerprint density at radius 1 is 1.62 bits per heavy atom. The van der Waals surface area contributed by atoms with E-state index in [0.717, 1.165) is 10.0 Å². The van der Waals surface area contributed by atoms with Crippen molar-refractivity contribution in [2.75, 3.05) is 18.1 Å². The molecule has 1 aliphatic rings. The normalized spacial score (nSPS) is 22.1. The molecule has 1 aromatic rings. The second-order valence-electron chi connectivity index (χ2n) is 5.20. The first kappa shape index (κ1) is 16.8. The van der Waals surface area contributed by atoms with Gasteiger partial charge in [-0.1, -0.05) is 11.8 Å². The molecule has 0 radical (unpaired) electrons. The zero-order valence-electron chi connectivity index (χ0n) is 12.4. The quantitative estimate of drug-likeness (QED) is 0.761. The molecule has 0 unspecified atom stereocenters. The van der Waals surface area contributed by atoms with Crippen molar-refractivity contribution >= 4 is 38.8 Å². The lowest BCUT2D eigenvalue weighted by Gasteiger charge is -2.29. The number of carbonyl (C=O) groups excluding carboxylic acids is 1. The molecule has 2 heterocycles. The van der Waals surface area contributed by atoms with Crippen molar-refractivity contribution in [2.24, 2.45) is 0 Å². The highest BCUT2D eigenvalue weighted by Crippen LogP contribution is 2.29. The maximum Gasteiger partial charge on any atom is 0.236 e. The molecule has 2 rings (SSSR count). The van der Waals surface area contributed by atoms with Crippen molar-refractivity contribution in [1.82, 2.24) is 9.88 Å². The maximum atomic E-state index is 12.6. The molecule has 0 aromatic carbocycles. The maximum absolute atomic E-state index is 12.6. The van der Waals surface area contributed by atoms with Gasteiger partial charge in [-0.05, 0) is 27.2 Å². The molecule has 8 heteroatoms. The molecular weight excluding hydrogens is 328 g/mol. The summed E-state index contributed by atoms with van der Waals surface area (Å²) in [7, 11) is -2.98. The summed E-state index contributed by atoms with van der Waals surface area (Å²) in [6.07, 6.45) is 0.551. The standard InChI is InChI=1S/C13H20N2O3S3/c1-4-15(11-5-6-21(17,18)8-11)12(16)10(3)20-13-14-9(2)7-19-13/h7,10-11H,4-6,8H2,1-3H3/t10-,11+/m1/s1. The Bertz CT molecular complexity index is 612. The molecule has 21 heavy (non-hydrogen) atoms. The van der Waals surface area contributed by atoms with Gasteiger partial charge in [0, 0.05) is 23.7 Å². The third-order valence-corrected chi connectivity index (χ3v) is 7.42. The summed E-state index contributed by atoms with van der Waals surface area (Å²) in [6, 6.07) is -0.173. The topological polar surface area (TPSA) is 67.3 Å². The van der Waals surface area contributed by atoms with Crippen LogP contribution in [0.2, 0.25) is 0 Å². The van der Waals surface area contributed by atoms with Gasteiger partial charge in [-0.3, -0.25) is 4.79 Å². The van der Waals surface area contributed by atoms with E-state index in [-0.39, 0.29) is 28.7 Å². The van der Waals surface area contributed by atoms with Crippen molar-refractivity contribution in [3.63, 3.8) is 0 Å². The number of amides is 1. The van der Waals surface area contributed by atoms with Crippen molar-refractivity contribution in [3.05, 3.63) is 11.1 Å². The summed E-state index contributed by atoms with van der Waals surface area (Å²) in [6.45, 7) is 6.22. The van der Waals surface area contributed by atoms with Gasteiger partial charge in [0.25, 0.3) is 0 Å². The largest absolute Gasteiger partial charge is 0.338 e. The van der Waals surface area contributed by atoms with E-state index in [0.29, 0.717) is 13.0 Å². The van der Waals surface area contributed by atoms with Crippen LogP contribution in [0.25, 0.3) is 0 Å². The number of hydrogen-bond acceptors (Lipinski definition) is 6. The third-order valence-electron chi connectivity index (χ3n) is 3.50. The minimum Gasteiger partial charge on any atom is -0.338 e. The minimum absolute atomic E-state index is 0.00236. The van der Waals surface area contributed by atoms with E-state index >= 15 is 0 Å². The number of hydrogen-bond donors (Lipinski definition) is 0. The van der Waals surface area contributed by atoms with Gasteiger partial charge in [-0.15, -0.1) is 11.3 Å². The van der Waals surface area contributed by atoms with Gasteiger partial charge in [0.15, 0.2) is 14.2 Å².